The Labute approximate surface area is 185 Å². The summed E-state index contributed by atoms with van der Waals surface area (Å²) in [6.45, 7) is 0. The average molecular weight is 494 g/mol. The van der Waals surface area contributed by atoms with Crippen molar-refractivity contribution < 1.29 is 24.2 Å². The molecule has 1 amide bonds. The highest BCUT2D eigenvalue weighted by atomic mass is 79.9. The van der Waals surface area contributed by atoms with Gasteiger partial charge in [-0.3, -0.25) is 9.69 Å². The van der Waals surface area contributed by atoms with E-state index in [-0.39, 0.29) is 4.32 Å². The fourth-order valence-electron chi connectivity index (χ4n) is 2.91. The largest absolute Gasteiger partial charge is 0.493 e. The van der Waals surface area contributed by atoms with Gasteiger partial charge in [0.05, 0.1) is 23.6 Å². The van der Waals surface area contributed by atoms with Crippen molar-refractivity contribution in [2.75, 3.05) is 14.2 Å². The molecule has 1 saturated heterocycles. The van der Waals surface area contributed by atoms with Gasteiger partial charge in [0, 0.05) is 0 Å². The molecular weight excluding hydrogens is 478 g/mol. The summed E-state index contributed by atoms with van der Waals surface area (Å²) in [5, 5.41) is 9.74. The first-order valence-corrected chi connectivity index (χ1v) is 10.4. The summed E-state index contributed by atoms with van der Waals surface area (Å²) in [4.78, 5) is 26.4. The van der Waals surface area contributed by atoms with Crippen molar-refractivity contribution in [3.05, 3.63) is 63.0 Å². The van der Waals surface area contributed by atoms with Gasteiger partial charge >= 0.3 is 5.97 Å². The number of thiocarbonyl (C=S) groups is 1. The van der Waals surface area contributed by atoms with Crippen LogP contribution in [0.15, 0.2) is 51.8 Å². The molecular formula is C20H16BrNO5S2. The molecule has 1 heterocycles. The molecule has 0 bridgehead atoms. The minimum atomic E-state index is -1.19. The van der Waals surface area contributed by atoms with E-state index < -0.39 is 17.9 Å². The number of carbonyl (C=O) groups is 2. The number of carboxylic acid groups (broad SMARTS) is 1. The van der Waals surface area contributed by atoms with Crippen LogP contribution in [-0.4, -0.2) is 40.4 Å². The molecule has 1 fully saturated rings. The maximum absolute atomic E-state index is 13.0. The summed E-state index contributed by atoms with van der Waals surface area (Å²) in [6, 6.07) is 10.9. The van der Waals surface area contributed by atoms with E-state index in [9.17, 15) is 14.7 Å². The number of aliphatic carboxylic acids is 1. The van der Waals surface area contributed by atoms with Crippen LogP contribution in [0.5, 0.6) is 11.5 Å². The number of hydrogen-bond acceptors (Lipinski definition) is 6. The Balaban J connectivity index is 1.98. The molecule has 150 valence electrons. The van der Waals surface area contributed by atoms with Crippen molar-refractivity contribution in [2.24, 2.45) is 0 Å². The zero-order valence-corrected chi connectivity index (χ0v) is 18.6. The van der Waals surface area contributed by atoms with E-state index >= 15 is 0 Å². The second-order valence-corrected chi connectivity index (χ2v) is 8.47. The molecule has 0 radical (unpaired) electrons. The Hall–Kier alpha value is -2.36. The van der Waals surface area contributed by atoms with Crippen LogP contribution in [0.1, 0.15) is 17.2 Å². The molecule has 0 saturated carbocycles. The molecule has 6 nitrogen and oxygen atoms in total. The van der Waals surface area contributed by atoms with Crippen molar-refractivity contribution in [2.45, 2.75) is 6.04 Å². The van der Waals surface area contributed by atoms with Crippen molar-refractivity contribution in [1.29, 1.82) is 0 Å². The van der Waals surface area contributed by atoms with Gasteiger partial charge in [0.15, 0.2) is 17.5 Å². The Bertz CT molecular complexity index is 1010. The molecule has 3 rings (SSSR count). The zero-order valence-electron chi connectivity index (χ0n) is 15.4. The molecule has 1 atom stereocenters. The second-order valence-electron chi connectivity index (χ2n) is 5.94. The number of halogens is 1. The van der Waals surface area contributed by atoms with Crippen LogP contribution in [0, 0.1) is 0 Å². The maximum atomic E-state index is 13.0. The third kappa shape index (κ3) is 4.31. The van der Waals surface area contributed by atoms with Gasteiger partial charge in [0.1, 0.15) is 4.32 Å². The molecule has 1 N–H and O–H groups in total. The van der Waals surface area contributed by atoms with E-state index in [4.69, 9.17) is 21.7 Å². The van der Waals surface area contributed by atoms with Crippen molar-refractivity contribution in [3.63, 3.8) is 0 Å². The summed E-state index contributed by atoms with van der Waals surface area (Å²) in [6.07, 6.45) is 1.65. The summed E-state index contributed by atoms with van der Waals surface area (Å²) >= 11 is 9.81. The van der Waals surface area contributed by atoms with Gasteiger partial charge in [-0.25, -0.2) is 4.79 Å². The van der Waals surface area contributed by atoms with Crippen molar-refractivity contribution in [1.82, 2.24) is 4.90 Å². The van der Waals surface area contributed by atoms with Crippen molar-refractivity contribution >= 4 is 62.2 Å². The van der Waals surface area contributed by atoms with Crippen LogP contribution >= 0.6 is 39.9 Å². The quantitative estimate of drug-likeness (QED) is 0.469. The smallest absolute Gasteiger partial charge is 0.331 e. The molecule has 1 unspecified atom stereocenters. The van der Waals surface area contributed by atoms with Crippen LogP contribution in [0.3, 0.4) is 0 Å². The topological polar surface area (TPSA) is 76.1 Å². The number of hydrogen-bond donors (Lipinski definition) is 1. The summed E-state index contributed by atoms with van der Waals surface area (Å²) in [5.74, 6) is -0.576. The number of carbonyl (C=O) groups excluding carboxylic acids is 1. The van der Waals surface area contributed by atoms with E-state index in [1.165, 1.54) is 14.2 Å². The number of thioether (sulfide) groups is 1. The summed E-state index contributed by atoms with van der Waals surface area (Å²) in [5.41, 5.74) is 1.16. The lowest BCUT2D eigenvalue weighted by Gasteiger charge is -2.23. The highest BCUT2D eigenvalue weighted by molar-refractivity contribution is 9.10. The third-order valence-corrected chi connectivity index (χ3v) is 6.10. The van der Waals surface area contributed by atoms with E-state index in [2.05, 4.69) is 15.9 Å². The minimum absolute atomic E-state index is 0.192. The predicted octanol–water partition coefficient (Wildman–Crippen LogP) is 4.49. The molecule has 1 aliphatic heterocycles. The third-order valence-electron chi connectivity index (χ3n) is 4.18. The number of nitrogens with zero attached hydrogens (tertiary/aromatic N) is 1. The van der Waals surface area contributed by atoms with E-state index in [1.54, 1.807) is 48.5 Å². The Morgan fingerprint density at radius 1 is 1.24 bits per heavy atom. The summed E-state index contributed by atoms with van der Waals surface area (Å²) in [7, 11) is 3.05. The lowest BCUT2D eigenvalue weighted by atomic mass is 10.1. The maximum Gasteiger partial charge on any atom is 0.331 e. The Kier molecular flexibility index (Phi) is 6.61. The molecule has 29 heavy (non-hydrogen) atoms. The first-order valence-electron chi connectivity index (χ1n) is 8.33. The summed E-state index contributed by atoms with van der Waals surface area (Å²) < 4.78 is 11.5. The fourth-order valence-corrected chi connectivity index (χ4v) is 4.85. The van der Waals surface area contributed by atoms with Gasteiger partial charge in [-0.05, 0) is 45.3 Å². The monoisotopic (exact) mass is 493 g/mol. The van der Waals surface area contributed by atoms with Gasteiger partial charge in [-0.15, -0.1) is 0 Å². The molecule has 2 aromatic rings. The zero-order chi connectivity index (χ0) is 21.1. The standard InChI is InChI=1S/C20H16BrNO5S2/c1-26-14-9-11(8-13(21)17(14)27-2)10-15-18(23)22(20(28)29-15)16(19(24)25)12-6-4-3-5-7-12/h3-10,16H,1-2H3,(H,24,25)/b15-10-. The number of rotatable bonds is 6. The van der Waals surface area contributed by atoms with Gasteiger partial charge in [-0.2, -0.15) is 0 Å². The lowest BCUT2D eigenvalue weighted by Crippen LogP contribution is -2.37. The SMILES string of the molecule is COc1cc(/C=C2\SC(=S)N(C(C(=O)O)c3ccccc3)C2=O)cc(Br)c1OC. The van der Waals surface area contributed by atoms with Crippen LogP contribution in [0.25, 0.3) is 6.08 Å². The van der Waals surface area contributed by atoms with Crippen LogP contribution < -0.4 is 9.47 Å². The van der Waals surface area contributed by atoms with E-state index in [0.29, 0.717) is 32.0 Å². The average Bonchev–Trinajstić information content (AvgIpc) is 2.96. The second kappa shape index (κ2) is 8.98. The highest BCUT2D eigenvalue weighted by Crippen LogP contribution is 2.41. The molecule has 0 aliphatic carbocycles. The predicted molar refractivity (Wildman–Crippen MR) is 119 cm³/mol. The highest BCUT2D eigenvalue weighted by Gasteiger charge is 2.41. The number of ether oxygens (including phenoxy) is 2. The normalized spacial score (nSPS) is 16.2. The Morgan fingerprint density at radius 3 is 2.52 bits per heavy atom. The molecule has 0 spiro atoms. The van der Waals surface area contributed by atoms with Gasteiger partial charge in [0.2, 0.25) is 0 Å². The van der Waals surface area contributed by atoms with Crippen molar-refractivity contribution in [3.8, 4) is 11.5 Å². The molecule has 9 heteroatoms. The number of methoxy groups -OCH3 is 2. The van der Waals surface area contributed by atoms with Crippen LogP contribution in [-0.2, 0) is 9.59 Å². The number of carboxylic acids is 1. The molecule has 2 aromatic carbocycles. The molecule has 1 aliphatic rings. The fraction of sp³-hybridized carbons (Fsp3) is 0.150. The number of amides is 1. The van der Waals surface area contributed by atoms with E-state index in [1.807, 2.05) is 0 Å². The Morgan fingerprint density at radius 2 is 1.93 bits per heavy atom. The van der Waals surface area contributed by atoms with Crippen LogP contribution in [0.2, 0.25) is 0 Å². The van der Waals surface area contributed by atoms with E-state index in [0.717, 1.165) is 16.7 Å². The van der Waals surface area contributed by atoms with Gasteiger partial charge in [-0.1, -0.05) is 54.3 Å². The molecule has 0 aromatic heterocycles. The minimum Gasteiger partial charge on any atom is -0.493 e. The van der Waals surface area contributed by atoms with Crippen LogP contribution in [0.4, 0.5) is 0 Å². The van der Waals surface area contributed by atoms with Gasteiger partial charge in [0.25, 0.3) is 5.91 Å². The lowest BCUT2D eigenvalue weighted by molar-refractivity contribution is -0.145. The van der Waals surface area contributed by atoms with Gasteiger partial charge < -0.3 is 14.6 Å². The first kappa shape index (κ1) is 21.4. The number of benzene rings is 2. The first-order chi connectivity index (χ1) is 13.9.